The second-order valence-electron chi connectivity index (χ2n) is 4.02. The summed E-state index contributed by atoms with van der Waals surface area (Å²) in [5.41, 5.74) is 2.06. The SMILES string of the molecule is COc1cc(/C=C/c2ccccc2)cc(C=O)c1O. The van der Waals surface area contributed by atoms with Gasteiger partial charge in [-0.2, -0.15) is 0 Å². The molecule has 0 bridgehead atoms. The number of methoxy groups -OCH3 is 1. The Kier molecular flexibility index (Phi) is 3.98. The van der Waals surface area contributed by atoms with Crippen LogP contribution in [0.1, 0.15) is 21.5 Å². The zero-order valence-corrected chi connectivity index (χ0v) is 10.5. The highest BCUT2D eigenvalue weighted by molar-refractivity contribution is 5.84. The molecular formula is C16H14O3. The third-order valence-electron chi connectivity index (χ3n) is 2.74. The Hall–Kier alpha value is -2.55. The molecule has 2 aromatic rings. The molecule has 0 aromatic heterocycles. The van der Waals surface area contributed by atoms with Crippen molar-refractivity contribution in [3.8, 4) is 11.5 Å². The molecule has 0 aliphatic carbocycles. The highest BCUT2D eigenvalue weighted by atomic mass is 16.5. The number of aldehydes is 1. The molecule has 0 saturated carbocycles. The summed E-state index contributed by atoms with van der Waals surface area (Å²) in [5, 5.41) is 9.72. The first kappa shape index (κ1) is 12.9. The fourth-order valence-corrected chi connectivity index (χ4v) is 1.75. The molecule has 0 amide bonds. The van der Waals surface area contributed by atoms with E-state index >= 15 is 0 Å². The number of benzene rings is 2. The Morgan fingerprint density at radius 1 is 1.05 bits per heavy atom. The molecule has 0 aliphatic heterocycles. The Morgan fingerprint density at radius 2 is 1.74 bits per heavy atom. The summed E-state index contributed by atoms with van der Waals surface area (Å²) in [4.78, 5) is 10.9. The van der Waals surface area contributed by atoms with Gasteiger partial charge in [0.05, 0.1) is 12.7 Å². The Morgan fingerprint density at radius 3 is 2.37 bits per heavy atom. The van der Waals surface area contributed by atoms with Crippen LogP contribution in [0.15, 0.2) is 42.5 Å². The fraction of sp³-hybridized carbons (Fsp3) is 0.0625. The maximum absolute atomic E-state index is 10.9. The van der Waals surface area contributed by atoms with Crippen LogP contribution in [-0.4, -0.2) is 18.5 Å². The molecule has 3 heteroatoms. The fourth-order valence-electron chi connectivity index (χ4n) is 1.75. The molecule has 0 saturated heterocycles. The first-order chi connectivity index (χ1) is 9.24. The number of rotatable bonds is 4. The lowest BCUT2D eigenvalue weighted by Gasteiger charge is -2.06. The summed E-state index contributed by atoms with van der Waals surface area (Å²) in [6, 6.07) is 13.1. The number of phenolic OH excluding ortho intramolecular Hbond substituents is 1. The number of hydrogen-bond acceptors (Lipinski definition) is 3. The van der Waals surface area contributed by atoms with Crippen LogP contribution >= 0.6 is 0 Å². The Bertz CT molecular complexity index is 601. The van der Waals surface area contributed by atoms with E-state index in [0.29, 0.717) is 6.29 Å². The molecule has 96 valence electrons. The molecule has 0 spiro atoms. The van der Waals surface area contributed by atoms with E-state index in [4.69, 9.17) is 4.74 Å². The van der Waals surface area contributed by atoms with Gasteiger partial charge in [0.15, 0.2) is 17.8 Å². The van der Waals surface area contributed by atoms with Crippen LogP contribution in [0.3, 0.4) is 0 Å². The minimum absolute atomic E-state index is 0.130. The van der Waals surface area contributed by atoms with Gasteiger partial charge in [0.2, 0.25) is 0 Å². The van der Waals surface area contributed by atoms with E-state index in [0.717, 1.165) is 11.1 Å². The van der Waals surface area contributed by atoms with Crippen LogP contribution in [0.25, 0.3) is 12.2 Å². The zero-order valence-electron chi connectivity index (χ0n) is 10.5. The number of carbonyl (C=O) groups is 1. The van der Waals surface area contributed by atoms with Crippen LogP contribution in [0.5, 0.6) is 11.5 Å². The predicted octanol–water partition coefficient (Wildman–Crippen LogP) is 3.38. The molecule has 0 atom stereocenters. The second kappa shape index (κ2) is 5.87. The van der Waals surface area contributed by atoms with E-state index in [1.807, 2.05) is 42.5 Å². The van der Waals surface area contributed by atoms with Crippen LogP contribution in [-0.2, 0) is 0 Å². The van der Waals surface area contributed by atoms with Crippen molar-refractivity contribution in [3.63, 3.8) is 0 Å². The Balaban J connectivity index is 2.35. The van der Waals surface area contributed by atoms with Gasteiger partial charge < -0.3 is 9.84 Å². The minimum Gasteiger partial charge on any atom is -0.504 e. The van der Waals surface area contributed by atoms with E-state index < -0.39 is 0 Å². The summed E-state index contributed by atoms with van der Waals surface area (Å²) >= 11 is 0. The third-order valence-corrected chi connectivity index (χ3v) is 2.74. The summed E-state index contributed by atoms with van der Waals surface area (Å²) in [6.45, 7) is 0. The summed E-state index contributed by atoms with van der Waals surface area (Å²) in [7, 11) is 1.45. The normalized spacial score (nSPS) is 10.6. The number of phenols is 1. The van der Waals surface area contributed by atoms with Gasteiger partial charge in [-0.05, 0) is 23.3 Å². The van der Waals surface area contributed by atoms with Crippen LogP contribution in [0.4, 0.5) is 0 Å². The van der Waals surface area contributed by atoms with Crippen molar-refractivity contribution in [3.05, 3.63) is 59.2 Å². The molecule has 2 rings (SSSR count). The molecule has 19 heavy (non-hydrogen) atoms. The monoisotopic (exact) mass is 254 g/mol. The zero-order chi connectivity index (χ0) is 13.7. The van der Waals surface area contributed by atoms with Gasteiger partial charge in [-0.3, -0.25) is 4.79 Å². The molecule has 1 N–H and O–H groups in total. The van der Waals surface area contributed by atoms with Gasteiger partial charge in [0, 0.05) is 0 Å². The standard InChI is InChI=1S/C16H14O3/c1-19-15-10-13(9-14(11-17)16(15)18)8-7-12-5-3-2-4-6-12/h2-11,18H,1H3/b8-7+. The molecule has 0 aliphatic rings. The topological polar surface area (TPSA) is 46.5 Å². The van der Waals surface area contributed by atoms with Gasteiger partial charge in [0.1, 0.15) is 0 Å². The van der Waals surface area contributed by atoms with Crippen molar-refractivity contribution >= 4 is 18.4 Å². The largest absolute Gasteiger partial charge is 0.504 e. The molecule has 0 radical (unpaired) electrons. The first-order valence-corrected chi connectivity index (χ1v) is 5.84. The van der Waals surface area contributed by atoms with Gasteiger partial charge in [-0.1, -0.05) is 42.5 Å². The lowest BCUT2D eigenvalue weighted by molar-refractivity contribution is 0.112. The lowest BCUT2D eigenvalue weighted by Crippen LogP contribution is -1.90. The molecular weight excluding hydrogens is 240 g/mol. The molecule has 0 fully saturated rings. The summed E-state index contributed by atoms with van der Waals surface area (Å²) < 4.78 is 5.04. The highest BCUT2D eigenvalue weighted by Crippen LogP contribution is 2.31. The van der Waals surface area contributed by atoms with Gasteiger partial charge >= 0.3 is 0 Å². The van der Waals surface area contributed by atoms with Crippen LogP contribution in [0.2, 0.25) is 0 Å². The summed E-state index contributed by atoms with van der Waals surface area (Å²) in [5.74, 6) is 0.159. The predicted molar refractivity (Wildman–Crippen MR) is 75.4 cm³/mol. The highest BCUT2D eigenvalue weighted by Gasteiger charge is 2.08. The molecule has 3 nitrogen and oxygen atoms in total. The van der Waals surface area contributed by atoms with Gasteiger partial charge in [-0.15, -0.1) is 0 Å². The molecule has 0 heterocycles. The maximum atomic E-state index is 10.9. The third kappa shape index (κ3) is 3.01. The van der Waals surface area contributed by atoms with Crippen molar-refractivity contribution in [1.82, 2.24) is 0 Å². The molecule has 2 aromatic carbocycles. The maximum Gasteiger partial charge on any atom is 0.168 e. The molecule has 0 unspecified atom stereocenters. The quantitative estimate of drug-likeness (QED) is 0.672. The second-order valence-corrected chi connectivity index (χ2v) is 4.02. The van der Waals surface area contributed by atoms with Crippen molar-refractivity contribution in [2.45, 2.75) is 0 Å². The van der Waals surface area contributed by atoms with Crippen molar-refractivity contribution in [1.29, 1.82) is 0 Å². The number of hydrogen-bond donors (Lipinski definition) is 1. The van der Waals surface area contributed by atoms with Crippen LogP contribution in [0, 0.1) is 0 Å². The number of aromatic hydroxyl groups is 1. The van der Waals surface area contributed by atoms with Crippen LogP contribution < -0.4 is 4.74 Å². The lowest BCUT2D eigenvalue weighted by atomic mass is 10.1. The van der Waals surface area contributed by atoms with Crippen molar-refractivity contribution < 1.29 is 14.6 Å². The van der Waals surface area contributed by atoms with E-state index in [1.54, 1.807) is 12.1 Å². The average Bonchev–Trinajstić information content (AvgIpc) is 2.47. The van der Waals surface area contributed by atoms with E-state index in [9.17, 15) is 9.90 Å². The van der Waals surface area contributed by atoms with Crippen molar-refractivity contribution in [2.75, 3.05) is 7.11 Å². The van der Waals surface area contributed by atoms with E-state index in [-0.39, 0.29) is 17.1 Å². The summed E-state index contributed by atoms with van der Waals surface area (Å²) in [6.07, 6.45) is 4.41. The van der Waals surface area contributed by atoms with E-state index in [2.05, 4.69) is 0 Å². The van der Waals surface area contributed by atoms with Gasteiger partial charge in [0.25, 0.3) is 0 Å². The minimum atomic E-state index is -0.130. The first-order valence-electron chi connectivity index (χ1n) is 5.84. The number of carbonyl (C=O) groups excluding carboxylic acids is 1. The van der Waals surface area contributed by atoms with Gasteiger partial charge in [-0.25, -0.2) is 0 Å². The Labute approximate surface area is 111 Å². The average molecular weight is 254 g/mol. The van der Waals surface area contributed by atoms with Crippen molar-refractivity contribution in [2.24, 2.45) is 0 Å². The van der Waals surface area contributed by atoms with E-state index in [1.165, 1.54) is 7.11 Å². The smallest absolute Gasteiger partial charge is 0.168 e. The number of ether oxygens (including phenoxy) is 1.